The fourth-order valence-corrected chi connectivity index (χ4v) is 4.62. The third-order valence-corrected chi connectivity index (χ3v) is 5.58. The summed E-state index contributed by atoms with van der Waals surface area (Å²) < 4.78 is 0. The van der Waals surface area contributed by atoms with Gasteiger partial charge in [-0.05, 0) is 60.2 Å². The van der Waals surface area contributed by atoms with Crippen LogP contribution >= 0.6 is 11.3 Å². The van der Waals surface area contributed by atoms with Gasteiger partial charge in [0.2, 0.25) is 0 Å². The molecule has 1 heterocycles. The first-order valence-corrected chi connectivity index (χ1v) is 8.20. The third kappa shape index (κ3) is 2.03. The molecule has 2 heteroatoms. The highest BCUT2D eigenvalue weighted by Gasteiger charge is 2.27. The fraction of sp³-hybridized carbons (Fsp3) is 0.412. The number of rotatable bonds is 2. The lowest BCUT2D eigenvalue weighted by atomic mass is 9.93. The number of fused-ring (bicyclic) bond motifs is 2. The Morgan fingerprint density at radius 3 is 2.84 bits per heavy atom. The van der Waals surface area contributed by atoms with Crippen molar-refractivity contribution in [2.75, 3.05) is 0 Å². The molecule has 2 aromatic rings. The van der Waals surface area contributed by atoms with E-state index in [4.69, 9.17) is 0 Å². The van der Waals surface area contributed by atoms with E-state index in [9.17, 15) is 0 Å². The normalized spacial score (nSPS) is 25.1. The molecule has 4 rings (SSSR count). The van der Waals surface area contributed by atoms with Crippen LogP contribution in [0.1, 0.15) is 52.9 Å². The molecule has 2 aliphatic carbocycles. The zero-order chi connectivity index (χ0) is 12.7. The summed E-state index contributed by atoms with van der Waals surface area (Å²) in [4.78, 5) is 1.61. The third-order valence-electron chi connectivity index (χ3n) is 4.59. The van der Waals surface area contributed by atoms with E-state index in [0.29, 0.717) is 12.1 Å². The lowest BCUT2D eigenvalue weighted by molar-refractivity contribution is 0.401. The molecule has 2 aliphatic rings. The van der Waals surface area contributed by atoms with E-state index in [1.807, 2.05) is 11.3 Å². The largest absolute Gasteiger partial charge is 0.303 e. The Morgan fingerprint density at radius 2 is 1.84 bits per heavy atom. The number of aryl methyl sites for hydroxylation is 2. The van der Waals surface area contributed by atoms with Crippen molar-refractivity contribution in [3.8, 4) is 0 Å². The Labute approximate surface area is 118 Å². The maximum Gasteiger partial charge on any atom is 0.0336 e. The quantitative estimate of drug-likeness (QED) is 0.852. The van der Waals surface area contributed by atoms with Gasteiger partial charge < -0.3 is 5.32 Å². The Bertz CT molecular complexity index is 586. The van der Waals surface area contributed by atoms with E-state index < -0.39 is 0 Å². The minimum Gasteiger partial charge on any atom is -0.303 e. The highest BCUT2D eigenvalue weighted by Crippen LogP contribution is 2.38. The van der Waals surface area contributed by atoms with Gasteiger partial charge in [0.1, 0.15) is 0 Å². The summed E-state index contributed by atoms with van der Waals surface area (Å²) in [5.74, 6) is 0. The number of hydrogen-bond acceptors (Lipinski definition) is 2. The van der Waals surface area contributed by atoms with Gasteiger partial charge >= 0.3 is 0 Å². The van der Waals surface area contributed by atoms with Crippen LogP contribution in [-0.2, 0) is 12.8 Å². The van der Waals surface area contributed by atoms with Gasteiger partial charge in [0.25, 0.3) is 0 Å². The van der Waals surface area contributed by atoms with Gasteiger partial charge in [0.05, 0.1) is 0 Å². The molecule has 98 valence electrons. The predicted molar refractivity (Wildman–Crippen MR) is 80.6 cm³/mol. The van der Waals surface area contributed by atoms with E-state index in [1.165, 1.54) is 37.7 Å². The van der Waals surface area contributed by atoms with E-state index in [1.54, 1.807) is 16.0 Å². The molecule has 1 nitrogen and oxygen atoms in total. The Morgan fingerprint density at radius 1 is 0.947 bits per heavy atom. The first kappa shape index (κ1) is 11.7. The second-order valence-corrected chi connectivity index (χ2v) is 6.70. The molecular weight excluding hydrogens is 250 g/mol. The average Bonchev–Trinajstić information content (AvgIpc) is 3.06. The molecule has 2 atom stereocenters. The SMILES string of the molecule is c1ccc2c(c1)CCC2NC1CCCc2sccc21. The van der Waals surface area contributed by atoms with Crippen LogP contribution in [0.25, 0.3) is 0 Å². The summed E-state index contributed by atoms with van der Waals surface area (Å²) >= 11 is 1.93. The van der Waals surface area contributed by atoms with Crippen LogP contribution in [0.15, 0.2) is 35.7 Å². The Balaban J connectivity index is 1.58. The van der Waals surface area contributed by atoms with Gasteiger partial charge in [-0.15, -0.1) is 11.3 Å². The number of benzene rings is 1. The van der Waals surface area contributed by atoms with E-state index in [0.717, 1.165) is 0 Å². The molecule has 0 radical (unpaired) electrons. The predicted octanol–water partition coefficient (Wildman–Crippen LogP) is 4.40. The molecule has 19 heavy (non-hydrogen) atoms. The molecule has 0 aliphatic heterocycles. The monoisotopic (exact) mass is 269 g/mol. The summed E-state index contributed by atoms with van der Waals surface area (Å²) in [5.41, 5.74) is 4.65. The summed E-state index contributed by atoms with van der Waals surface area (Å²) in [6.07, 6.45) is 6.40. The van der Waals surface area contributed by atoms with Gasteiger partial charge in [-0.2, -0.15) is 0 Å². The zero-order valence-corrected chi connectivity index (χ0v) is 11.9. The number of thiophene rings is 1. The standard InChI is InChI=1S/C17H19NS/c1-2-5-13-12(4-1)8-9-16(13)18-15-6-3-7-17-14(15)10-11-19-17/h1-2,4-5,10-11,15-16,18H,3,6-9H2. The first-order chi connectivity index (χ1) is 9.42. The summed E-state index contributed by atoms with van der Waals surface area (Å²) in [5, 5.41) is 6.18. The second-order valence-electron chi connectivity index (χ2n) is 5.70. The van der Waals surface area contributed by atoms with Crippen LogP contribution in [0.4, 0.5) is 0 Å². The second kappa shape index (κ2) is 4.77. The van der Waals surface area contributed by atoms with E-state index in [-0.39, 0.29) is 0 Å². The molecule has 1 aromatic heterocycles. The van der Waals surface area contributed by atoms with Crippen LogP contribution in [0.5, 0.6) is 0 Å². The van der Waals surface area contributed by atoms with E-state index in [2.05, 4.69) is 41.0 Å². The van der Waals surface area contributed by atoms with Crippen molar-refractivity contribution in [1.29, 1.82) is 0 Å². The van der Waals surface area contributed by atoms with E-state index >= 15 is 0 Å². The summed E-state index contributed by atoms with van der Waals surface area (Å²) in [6.45, 7) is 0. The molecule has 2 unspecified atom stereocenters. The minimum absolute atomic E-state index is 0.562. The van der Waals surface area contributed by atoms with Crippen LogP contribution in [0, 0.1) is 0 Å². The molecule has 1 aromatic carbocycles. The van der Waals surface area contributed by atoms with Gasteiger partial charge in [-0.25, -0.2) is 0 Å². The Hall–Kier alpha value is -1.12. The molecule has 0 fully saturated rings. The smallest absolute Gasteiger partial charge is 0.0336 e. The van der Waals surface area contributed by atoms with Crippen LogP contribution in [-0.4, -0.2) is 0 Å². The van der Waals surface area contributed by atoms with Crippen molar-refractivity contribution >= 4 is 11.3 Å². The number of nitrogens with one attached hydrogen (secondary N) is 1. The highest BCUT2D eigenvalue weighted by atomic mass is 32.1. The zero-order valence-electron chi connectivity index (χ0n) is 11.1. The fourth-order valence-electron chi connectivity index (χ4n) is 3.63. The molecule has 0 spiro atoms. The van der Waals surface area contributed by atoms with Gasteiger partial charge in [-0.3, -0.25) is 0 Å². The van der Waals surface area contributed by atoms with Gasteiger partial charge in [0, 0.05) is 17.0 Å². The molecular formula is C17H19NS. The summed E-state index contributed by atoms with van der Waals surface area (Å²) in [7, 11) is 0. The van der Waals surface area contributed by atoms with Crippen molar-refractivity contribution in [2.24, 2.45) is 0 Å². The van der Waals surface area contributed by atoms with Crippen molar-refractivity contribution in [1.82, 2.24) is 5.32 Å². The van der Waals surface area contributed by atoms with Crippen molar-refractivity contribution in [2.45, 2.75) is 44.2 Å². The topological polar surface area (TPSA) is 12.0 Å². The molecule has 0 amide bonds. The van der Waals surface area contributed by atoms with Gasteiger partial charge in [-0.1, -0.05) is 24.3 Å². The molecule has 0 saturated carbocycles. The Kier molecular flexibility index (Phi) is 2.93. The van der Waals surface area contributed by atoms with Crippen LogP contribution < -0.4 is 5.32 Å². The lowest BCUT2D eigenvalue weighted by Crippen LogP contribution is -2.27. The highest BCUT2D eigenvalue weighted by molar-refractivity contribution is 7.10. The van der Waals surface area contributed by atoms with Crippen molar-refractivity contribution < 1.29 is 0 Å². The van der Waals surface area contributed by atoms with Crippen LogP contribution in [0.3, 0.4) is 0 Å². The number of hydrogen-bond donors (Lipinski definition) is 1. The average molecular weight is 269 g/mol. The lowest BCUT2D eigenvalue weighted by Gasteiger charge is -2.27. The first-order valence-electron chi connectivity index (χ1n) is 7.32. The molecule has 0 bridgehead atoms. The van der Waals surface area contributed by atoms with Gasteiger partial charge in [0.15, 0.2) is 0 Å². The molecule has 1 N–H and O–H groups in total. The summed E-state index contributed by atoms with van der Waals surface area (Å²) in [6, 6.07) is 12.4. The maximum atomic E-state index is 3.92. The molecule has 0 saturated heterocycles. The van der Waals surface area contributed by atoms with Crippen molar-refractivity contribution in [3.63, 3.8) is 0 Å². The van der Waals surface area contributed by atoms with Crippen molar-refractivity contribution in [3.05, 3.63) is 57.3 Å². The maximum absolute atomic E-state index is 3.92. The minimum atomic E-state index is 0.562. The van der Waals surface area contributed by atoms with Crippen LogP contribution in [0.2, 0.25) is 0 Å².